The van der Waals surface area contributed by atoms with Gasteiger partial charge in [-0.05, 0) is 108 Å². The Morgan fingerprint density at radius 3 is 1.78 bits per heavy atom. The fourth-order valence-electron chi connectivity index (χ4n) is 9.92. The second-order valence-corrected chi connectivity index (χ2v) is 14.8. The van der Waals surface area contributed by atoms with E-state index in [1.165, 1.54) is 94.6 Å². The van der Waals surface area contributed by atoms with Crippen LogP contribution >= 0.6 is 0 Å². The van der Waals surface area contributed by atoms with Gasteiger partial charge in [-0.25, -0.2) is 0 Å². The summed E-state index contributed by atoms with van der Waals surface area (Å²) in [6.45, 7) is 4.76. The summed E-state index contributed by atoms with van der Waals surface area (Å²) in [6, 6.07) is 65.8. The van der Waals surface area contributed by atoms with Gasteiger partial charge in [-0.3, -0.25) is 0 Å². The summed E-state index contributed by atoms with van der Waals surface area (Å²) in [5.41, 5.74) is 19.2. The van der Waals surface area contributed by atoms with Crippen molar-refractivity contribution in [2.75, 3.05) is 4.90 Å². The minimum absolute atomic E-state index is 0.186. The van der Waals surface area contributed by atoms with Gasteiger partial charge in [0.05, 0.1) is 16.8 Å². The second kappa shape index (κ2) is 10.2. The molecular weight excluding hydrogens is 615 g/mol. The Hall–Kier alpha value is -6.18. The molecule has 0 radical (unpaired) electrons. The summed E-state index contributed by atoms with van der Waals surface area (Å²) in [4.78, 5) is 2.44. The van der Waals surface area contributed by atoms with Crippen LogP contribution in [0.1, 0.15) is 47.2 Å². The van der Waals surface area contributed by atoms with E-state index in [0.29, 0.717) is 0 Å². The SMILES string of the molecule is CC1(C)c2ccccc2N(c2ccccc2)c2ccc(-c3cccc4c3-c3ccccc3C43c4ccccc4-c4c3ccc3ccccc43)cc21. The van der Waals surface area contributed by atoms with Crippen LogP contribution in [0.4, 0.5) is 17.1 Å². The van der Waals surface area contributed by atoms with E-state index in [1.54, 1.807) is 0 Å². The molecule has 1 atom stereocenters. The van der Waals surface area contributed by atoms with Gasteiger partial charge in [0.25, 0.3) is 0 Å². The molecule has 1 nitrogen and oxygen atoms in total. The molecule has 1 heteroatoms. The minimum atomic E-state index is -0.394. The summed E-state index contributed by atoms with van der Waals surface area (Å²) < 4.78 is 0. The van der Waals surface area contributed by atoms with Gasteiger partial charge < -0.3 is 4.90 Å². The highest BCUT2D eigenvalue weighted by molar-refractivity contribution is 6.07. The molecule has 2 aliphatic carbocycles. The summed E-state index contributed by atoms with van der Waals surface area (Å²) in [6.07, 6.45) is 0. The first-order valence-electron chi connectivity index (χ1n) is 18.0. The highest BCUT2D eigenvalue weighted by Crippen LogP contribution is 2.65. The topological polar surface area (TPSA) is 3.24 Å². The third-order valence-electron chi connectivity index (χ3n) is 12.1. The van der Waals surface area contributed by atoms with E-state index in [4.69, 9.17) is 0 Å². The van der Waals surface area contributed by atoms with Crippen molar-refractivity contribution >= 4 is 27.8 Å². The van der Waals surface area contributed by atoms with Crippen molar-refractivity contribution in [2.45, 2.75) is 24.7 Å². The first kappa shape index (κ1) is 28.6. The maximum Gasteiger partial charge on any atom is 0.0725 e. The molecule has 0 amide bonds. The number of nitrogens with zero attached hydrogens (tertiary/aromatic N) is 1. The Morgan fingerprint density at radius 1 is 0.392 bits per heavy atom. The number of rotatable bonds is 2. The third-order valence-corrected chi connectivity index (χ3v) is 12.1. The highest BCUT2D eigenvalue weighted by Gasteiger charge is 2.52. The van der Waals surface area contributed by atoms with Crippen molar-refractivity contribution in [3.63, 3.8) is 0 Å². The van der Waals surface area contributed by atoms with Crippen LogP contribution in [0, 0.1) is 0 Å². The molecule has 1 aliphatic heterocycles. The monoisotopic (exact) mass is 649 g/mol. The molecule has 1 unspecified atom stereocenters. The van der Waals surface area contributed by atoms with Gasteiger partial charge in [0.1, 0.15) is 0 Å². The molecule has 3 aliphatic rings. The number of anilines is 3. The van der Waals surface area contributed by atoms with E-state index in [0.717, 1.165) is 0 Å². The maximum atomic E-state index is 2.48. The second-order valence-electron chi connectivity index (χ2n) is 14.8. The molecule has 1 spiro atoms. The third kappa shape index (κ3) is 3.60. The van der Waals surface area contributed by atoms with Crippen LogP contribution in [0.2, 0.25) is 0 Å². The molecule has 51 heavy (non-hydrogen) atoms. The Labute approximate surface area is 299 Å². The van der Waals surface area contributed by atoms with E-state index in [2.05, 4.69) is 195 Å². The molecular formula is C50H35N. The molecule has 8 aromatic carbocycles. The van der Waals surface area contributed by atoms with Gasteiger partial charge in [-0.2, -0.15) is 0 Å². The Bertz CT molecular complexity index is 2730. The largest absolute Gasteiger partial charge is 0.310 e. The van der Waals surface area contributed by atoms with Crippen molar-refractivity contribution in [1.29, 1.82) is 0 Å². The van der Waals surface area contributed by atoms with Gasteiger partial charge in [0, 0.05) is 11.1 Å². The van der Waals surface area contributed by atoms with Gasteiger partial charge in [0.15, 0.2) is 0 Å². The predicted octanol–water partition coefficient (Wildman–Crippen LogP) is 13.0. The van der Waals surface area contributed by atoms with Crippen molar-refractivity contribution < 1.29 is 0 Å². The van der Waals surface area contributed by atoms with Crippen LogP contribution in [-0.2, 0) is 10.8 Å². The molecule has 240 valence electrons. The van der Waals surface area contributed by atoms with Crippen molar-refractivity contribution in [1.82, 2.24) is 0 Å². The summed E-state index contributed by atoms with van der Waals surface area (Å²) in [5.74, 6) is 0. The number of fused-ring (bicyclic) bond motifs is 14. The van der Waals surface area contributed by atoms with Crippen LogP contribution in [0.3, 0.4) is 0 Å². The number of para-hydroxylation sites is 2. The fourth-order valence-corrected chi connectivity index (χ4v) is 9.92. The lowest BCUT2D eigenvalue weighted by Crippen LogP contribution is -2.30. The summed E-state index contributed by atoms with van der Waals surface area (Å²) in [7, 11) is 0. The number of benzene rings is 8. The van der Waals surface area contributed by atoms with Crippen molar-refractivity contribution in [3.05, 3.63) is 209 Å². The van der Waals surface area contributed by atoms with E-state index < -0.39 is 5.41 Å². The quantitative estimate of drug-likeness (QED) is 0.180. The predicted molar refractivity (Wildman–Crippen MR) is 212 cm³/mol. The maximum absolute atomic E-state index is 2.48. The number of hydrogen-bond acceptors (Lipinski definition) is 1. The van der Waals surface area contributed by atoms with E-state index in [-0.39, 0.29) is 5.41 Å². The lowest BCUT2D eigenvalue weighted by molar-refractivity contribution is 0.632. The van der Waals surface area contributed by atoms with Crippen LogP contribution in [-0.4, -0.2) is 0 Å². The lowest BCUT2D eigenvalue weighted by Gasteiger charge is -2.42. The normalized spacial score (nSPS) is 17.0. The van der Waals surface area contributed by atoms with Gasteiger partial charge in [0.2, 0.25) is 0 Å². The fraction of sp³-hybridized carbons (Fsp3) is 0.0800. The molecule has 11 rings (SSSR count). The average molecular weight is 650 g/mol. The molecule has 8 aromatic rings. The van der Waals surface area contributed by atoms with Gasteiger partial charge in [-0.1, -0.05) is 159 Å². The van der Waals surface area contributed by atoms with Crippen LogP contribution < -0.4 is 4.90 Å². The standard InChI is InChI=1S/C50H35N/c1-49(2)41-24-12-13-26-45(41)51(34-16-4-3-5-17-34)46-30-28-33(31-44(46)49)36-21-14-25-42-48(36)38-20-9-11-23-40(38)50(42)39-22-10-8-19-37(39)47-35-18-7-6-15-32(35)27-29-43(47)50/h3-31H,1-2H3. The molecule has 0 saturated carbocycles. The van der Waals surface area contributed by atoms with Gasteiger partial charge >= 0.3 is 0 Å². The Balaban J connectivity index is 1.19. The molecule has 0 saturated heterocycles. The smallest absolute Gasteiger partial charge is 0.0725 e. The number of hydrogen-bond donors (Lipinski definition) is 0. The van der Waals surface area contributed by atoms with E-state index >= 15 is 0 Å². The van der Waals surface area contributed by atoms with Crippen LogP contribution in [0.15, 0.2) is 176 Å². The first-order chi connectivity index (χ1) is 25.1. The summed E-state index contributed by atoms with van der Waals surface area (Å²) >= 11 is 0. The molecule has 0 aromatic heterocycles. The zero-order valence-electron chi connectivity index (χ0n) is 28.7. The van der Waals surface area contributed by atoms with E-state index in [1.807, 2.05) is 0 Å². The van der Waals surface area contributed by atoms with Crippen LogP contribution in [0.25, 0.3) is 44.2 Å². The summed E-state index contributed by atoms with van der Waals surface area (Å²) in [5, 5.41) is 2.60. The lowest BCUT2D eigenvalue weighted by atomic mass is 9.70. The van der Waals surface area contributed by atoms with Gasteiger partial charge in [-0.15, -0.1) is 0 Å². The van der Waals surface area contributed by atoms with Crippen molar-refractivity contribution in [2.24, 2.45) is 0 Å². The zero-order chi connectivity index (χ0) is 33.9. The van der Waals surface area contributed by atoms with Crippen LogP contribution in [0.5, 0.6) is 0 Å². The van der Waals surface area contributed by atoms with E-state index in [9.17, 15) is 0 Å². The zero-order valence-corrected chi connectivity index (χ0v) is 28.7. The van der Waals surface area contributed by atoms with Crippen molar-refractivity contribution in [3.8, 4) is 33.4 Å². The Morgan fingerprint density at radius 2 is 0.980 bits per heavy atom. The molecule has 0 N–H and O–H groups in total. The minimum Gasteiger partial charge on any atom is -0.310 e. The highest BCUT2D eigenvalue weighted by atomic mass is 15.2. The average Bonchev–Trinajstić information content (AvgIpc) is 3.66. The Kier molecular flexibility index (Phi) is 5.72. The molecule has 0 fully saturated rings. The first-order valence-corrected chi connectivity index (χ1v) is 18.0. The molecule has 1 heterocycles. The molecule has 0 bridgehead atoms.